The summed E-state index contributed by atoms with van der Waals surface area (Å²) in [5.41, 5.74) is 9.75. The molecule has 2 aromatic rings. The van der Waals surface area contributed by atoms with E-state index < -0.39 is 0 Å². The summed E-state index contributed by atoms with van der Waals surface area (Å²) in [5.74, 6) is 0. The third-order valence-corrected chi connectivity index (χ3v) is 5.63. The Hall–Kier alpha value is -2.28. The van der Waals surface area contributed by atoms with Gasteiger partial charge < -0.3 is 4.90 Å². The lowest BCUT2D eigenvalue weighted by atomic mass is 9.81. The van der Waals surface area contributed by atoms with E-state index in [2.05, 4.69) is 115 Å². The fourth-order valence-corrected chi connectivity index (χ4v) is 4.11. The monoisotopic (exact) mass is 373 g/mol. The van der Waals surface area contributed by atoms with Gasteiger partial charge in [-0.1, -0.05) is 78.0 Å². The maximum atomic E-state index is 2.39. The number of aryl methyl sites for hydroxylation is 2. The van der Waals surface area contributed by atoms with Crippen LogP contribution in [0.25, 0.3) is 11.1 Å². The minimum atomic E-state index is 0.124. The molecule has 0 saturated heterocycles. The van der Waals surface area contributed by atoms with Crippen molar-refractivity contribution in [3.63, 3.8) is 0 Å². The molecule has 0 amide bonds. The maximum absolute atomic E-state index is 2.39. The second-order valence-electron chi connectivity index (χ2n) is 10.1. The van der Waals surface area contributed by atoms with Gasteiger partial charge in [-0.15, -0.1) is 0 Å². The van der Waals surface area contributed by atoms with Crippen LogP contribution in [0.4, 0.5) is 5.69 Å². The summed E-state index contributed by atoms with van der Waals surface area (Å²) in [6, 6.07) is 11.7. The Morgan fingerprint density at radius 3 is 2.04 bits per heavy atom. The van der Waals surface area contributed by atoms with E-state index in [0.29, 0.717) is 0 Å². The number of hydrogen-bond donors (Lipinski definition) is 0. The van der Waals surface area contributed by atoms with Crippen molar-refractivity contribution in [2.45, 2.75) is 66.2 Å². The highest BCUT2D eigenvalue weighted by atomic mass is 15.1. The lowest BCUT2D eigenvalue weighted by Gasteiger charge is -2.29. The Kier molecular flexibility index (Phi) is 5.32. The molecule has 1 nitrogen and oxygen atoms in total. The van der Waals surface area contributed by atoms with Crippen LogP contribution >= 0.6 is 0 Å². The van der Waals surface area contributed by atoms with E-state index in [1.54, 1.807) is 0 Å². The molecule has 148 valence electrons. The number of allylic oxidation sites excluding steroid dienone is 2. The van der Waals surface area contributed by atoms with E-state index >= 15 is 0 Å². The topological polar surface area (TPSA) is 3.24 Å². The fourth-order valence-electron chi connectivity index (χ4n) is 4.11. The Morgan fingerprint density at radius 1 is 0.786 bits per heavy atom. The van der Waals surface area contributed by atoms with Crippen LogP contribution in [0.1, 0.15) is 63.8 Å². The average Bonchev–Trinajstić information content (AvgIpc) is 2.59. The van der Waals surface area contributed by atoms with Gasteiger partial charge in [0, 0.05) is 24.0 Å². The van der Waals surface area contributed by atoms with Crippen LogP contribution in [0.2, 0.25) is 0 Å². The second kappa shape index (κ2) is 7.28. The maximum Gasteiger partial charge on any atom is 0.0494 e. The molecule has 0 atom stereocenters. The summed E-state index contributed by atoms with van der Waals surface area (Å²) in [7, 11) is 0. The van der Waals surface area contributed by atoms with Gasteiger partial charge in [-0.25, -0.2) is 0 Å². The number of rotatable bonds is 2. The zero-order valence-corrected chi connectivity index (χ0v) is 18.9. The first-order valence-electron chi connectivity index (χ1n) is 10.3. The van der Waals surface area contributed by atoms with Gasteiger partial charge in [0.2, 0.25) is 0 Å². The van der Waals surface area contributed by atoms with Gasteiger partial charge in [0.1, 0.15) is 0 Å². The van der Waals surface area contributed by atoms with E-state index in [-0.39, 0.29) is 10.8 Å². The molecule has 3 rings (SSSR count). The van der Waals surface area contributed by atoms with Gasteiger partial charge >= 0.3 is 0 Å². The van der Waals surface area contributed by atoms with Crippen LogP contribution in [-0.2, 0) is 10.8 Å². The van der Waals surface area contributed by atoms with Crippen LogP contribution in [0, 0.1) is 13.8 Å². The van der Waals surface area contributed by atoms with E-state index in [1.807, 2.05) is 0 Å². The van der Waals surface area contributed by atoms with Crippen LogP contribution in [0.5, 0.6) is 0 Å². The quantitative estimate of drug-likeness (QED) is 0.528. The zero-order valence-electron chi connectivity index (χ0n) is 18.9. The molecule has 1 aliphatic heterocycles. The molecule has 0 spiro atoms. The smallest absolute Gasteiger partial charge is 0.0494 e. The van der Waals surface area contributed by atoms with E-state index in [4.69, 9.17) is 0 Å². The van der Waals surface area contributed by atoms with Gasteiger partial charge in [0.15, 0.2) is 0 Å². The Morgan fingerprint density at radius 2 is 1.50 bits per heavy atom. The molecule has 2 aromatic carbocycles. The van der Waals surface area contributed by atoms with Gasteiger partial charge in [-0.3, -0.25) is 0 Å². The number of hydrogen-bond acceptors (Lipinski definition) is 1. The normalized spacial score (nSPS) is 14.6. The molecule has 0 unspecified atom stereocenters. The molecule has 0 N–H and O–H groups in total. The third-order valence-electron chi connectivity index (χ3n) is 5.63. The van der Waals surface area contributed by atoms with E-state index in [1.165, 1.54) is 39.1 Å². The molecule has 1 heterocycles. The largest absolute Gasteiger partial charge is 0.344 e. The van der Waals surface area contributed by atoms with Gasteiger partial charge in [0.25, 0.3) is 0 Å². The summed E-state index contributed by atoms with van der Waals surface area (Å²) in [4.78, 5) is 2.37. The van der Waals surface area contributed by atoms with Crippen molar-refractivity contribution in [2.24, 2.45) is 0 Å². The van der Waals surface area contributed by atoms with Crippen LogP contribution in [-0.4, -0.2) is 6.54 Å². The first kappa shape index (κ1) is 20.5. The molecule has 0 bridgehead atoms. The lowest BCUT2D eigenvalue weighted by molar-refractivity contribution is 0.586. The van der Waals surface area contributed by atoms with Crippen molar-refractivity contribution in [3.8, 4) is 11.1 Å². The minimum Gasteiger partial charge on any atom is -0.344 e. The SMILES string of the molecule is Cc1cc(-c2c(C)cc(C(C)(C)C)cc2N2C=CC=CC2)ccc1C(C)(C)C. The van der Waals surface area contributed by atoms with Crippen LogP contribution in [0.15, 0.2) is 54.8 Å². The third kappa shape index (κ3) is 4.09. The molecule has 28 heavy (non-hydrogen) atoms. The zero-order chi connectivity index (χ0) is 20.7. The molecular formula is C27H35N. The highest BCUT2D eigenvalue weighted by molar-refractivity contribution is 5.84. The first-order valence-corrected chi connectivity index (χ1v) is 10.3. The Balaban J connectivity index is 2.21. The Labute approximate surface area is 171 Å². The molecule has 0 saturated carbocycles. The second-order valence-corrected chi connectivity index (χ2v) is 10.1. The number of nitrogens with zero attached hydrogens (tertiary/aromatic N) is 1. The molecule has 1 heteroatoms. The lowest BCUT2D eigenvalue weighted by Crippen LogP contribution is -2.20. The predicted molar refractivity (Wildman–Crippen MR) is 124 cm³/mol. The molecule has 0 fully saturated rings. The van der Waals surface area contributed by atoms with Crippen molar-refractivity contribution < 1.29 is 0 Å². The predicted octanol–water partition coefficient (Wildman–Crippen LogP) is 7.46. The van der Waals surface area contributed by atoms with Crippen molar-refractivity contribution in [1.82, 2.24) is 0 Å². The standard InChI is InChI=1S/C27H35N/c1-19-16-21(12-13-23(19)27(6,7)8)25-20(2)17-22(26(3,4)5)18-24(25)28-14-10-9-11-15-28/h9-14,16-18H,15H2,1-8H3. The van der Waals surface area contributed by atoms with E-state index in [0.717, 1.165) is 6.54 Å². The van der Waals surface area contributed by atoms with Gasteiger partial charge in [-0.05, 0) is 64.6 Å². The average molecular weight is 374 g/mol. The number of anilines is 1. The van der Waals surface area contributed by atoms with Crippen LogP contribution < -0.4 is 4.90 Å². The molecule has 0 radical (unpaired) electrons. The molecule has 0 aliphatic carbocycles. The summed E-state index contributed by atoms with van der Waals surface area (Å²) < 4.78 is 0. The highest BCUT2D eigenvalue weighted by Crippen LogP contribution is 2.40. The van der Waals surface area contributed by atoms with Crippen molar-refractivity contribution in [2.75, 3.05) is 11.4 Å². The highest BCUT2D eigenvalue weighted by Gasteiger charge is 2.22. The van der Waals surface area contributed by atoms with Crippen molar-refractivity contribution in [1.29, 1.82) is 0 Å². The summed E-state index contributed by atoms with van der Waals surface area (Å²) >= 11 is 0. The summed E-state index contributed by atoms with van der Waals surface area (Å²) in [5, 5.41) is 0. The fraction of sp³-hybridized carbons (Fsp3) is 0.407. The minimum absolute atomic E-state index is 0.124. The van der Waals surface area contributed by atoms with Crippen molar-refractivity contribution in [3.05, 3.63) is 77.0 Å². The van der Waals surface area contributed by atoms with Crippen LogP contribution in [0.3, 0.4) is 0 Å². The molecular weight excluding hydrogens is 338 g/mol. The van der Waals surface area contributed by atoms with Crippen molar-refractivity contribution >= 4 is 5.69 Å². The Bertz CT molecular complexity index is 930. The van der Waals surface area contributed by atoms with E-state index in [9.17, 15) is 0 Å². The number of benzene rings is 2. The molecule has 0 aromatic heterocycles. The van der Waals surface area contributed by atoms with Gasteiger partial charge in [0.05, 0.1) is 0 Å². The van der Waals surface area contributed by atoms with Gasteiger partial charge in [-0.2, -0.15) is 0 Å². The summed E-state index contributed by atoms with van der Waals surface area (Å²) in [6.07, 6.45) is 8.66. The summed E-state index contributed by atoms with van der Waals surface area (Å²) in [6.45, 7) is 19.1. The first-order chi connectivity index (χ1) is 13.0. The molecule has 1 aliphatic rings.